The molecular formula is C9H9ClN2S. The van der Waals surface area contributed by atoms with Crippen molar-refractivity contribution in [1.29, 1.82) is 0 Å². The van der Waals surface area contributed by atoms with Crippen molar-refractivity contribution in [2.45, 2.75) is 5.75 Å². The minimum atomic E-state index is 0.608. The summed E-state index contributed by atoms with van der Waals surface area (Å²) in [5.74, 6) is 1.84. The Morgan fingerprint density at radius 1 is 1.38 bits per heavy atom. The second-order valence-corrected chi connectivity index (χ2v) is 4.23. The highest BCUT2D eigenvalue weighted by atomic mass is 35.5. The average molecular weight is 213 g/mol. The lowest BCUT2D eigenvalue weighted by molar-refractivity contribution is 1.14. The van der Waals surface area contributed by atoms with Crippen molar-refractivity contribution in [3.63, 3.8) is 0 Å². The lowest BCUT2D eigenvalue weighted by atomic mass is 10.3. The van der Waals surface area contributed by atoms with E-state index in [1.165, 1.54) is 0 Å². The Labute approximate surface area is 85.7 Å². The second-order valence-electron chi connectivity index (χ2n) is 2.66. The number of fused-ring (bicyclic) bond motifs is 1. The van der Waals surface area contributed by atoms with E-state index in [1.54, 1.807) is 11.8 Å². The van der Waals surface area contributed by atoms with Gasteiger partial charge in [-0.25, -0.2) is 4.98 Å². The van der Waals surface area contributed by atoms with Crippen LogP contribution in [0.2, 0.25) is 0 Å². The van der Waals surface area contributed by atoms with Crippen LogP contribution < -0.4 is 0 Å². The van der Waals surface area contributed by atoms with E-state index in [0.717, 1.165) is 22.6 Å². The molecule has 68 valence electrons. The molecule has 0 bridgehead atoms. The van der Waals surface area contributed by atoms with Crippen molar-refractivity contribution in [1.82, 2.24) is 9.97 Å². The molecule has 1 aromatic carbocycles. The number of benzene rings is 1. The molecule has 0 unspecified atom stereocenters. The van der Waals surface area contributed by atoms with Crippen LogP contribution in [0.25, 0.3) is 11.0 Å². The normalized spacial score (nSPS) is 10.8. The van der Waals surface area contributed by atoms with E-state index in [-0.39, 0.29) is 0 Å². The summed E-state index contributed by atoms with van der Waals surface area (Å²) in [7, 11) is 0. The molecule has 0 saturated carbocycles. The summed E-state index contributed by atoms with van der Waals surface area (Å²) in [6.07, 6.45) is 0. The van der Waals surface area contributed by atoms with E-state index in [2.05, 4.69) is 9.97 Å². The molecule has 1 N–H and O–H groups in total. The number of nitrogens with zero attached hydrogens (tertiary/aromatic N) is 1. The standard InChI is InChI=1S/C9H9ClN2S/c10-6-13-5-9-11-7-3-1-2-4-8(7)12-9/h1-4H,5-6H2,(H,11,12). The molecule has 13 heavy (non-hydrogen) atoms. The molecule has 2 nitrogen and oxygen atoms in total. The molecule has 0 fully saturated rings. The van der Waals surface area contributed by atoms with Crippen LogP contribution in [-0.2, 0) is 5.75 Å². The van der Waals surface area contributed by atoms with Gasteiger partial charge in [0.15, 0.2) is 0 Å². The lowest BCUT2D eigenvalue weighted by Crippen LogP contribution is -1.81. The summed E-state index contributed by atoms with van der Waals surface area (Å²) < 4.78 is 0. The van der Waals surface area contributed by atoms with Crippen molar-refractivity contribution in [3.05, 3.63) is 30.1 Å². The zero-order valence-corrected chi connectivity index (χ0v) is 8.53. The smallest absolute Gasteiger partial charge is 0.117 e. The van der Waals surface area contributed by atoms with Gasteiger partial charge in [-0.1, -0.05) is 12.1 Å². The van der Waals surface area contributed by atoms with Gasteiger partial charge in [0.2, 0.25) is 0 Å². The second kappa shape index (κ2) is 4.03. The van der Waals surface area contributed by atoms with Crippen molar-refractivity contribution in [2.24, 2.45) is 0 Å². The van der Waals surface area contributed by atoms with Gasteiger partial charge in [0.1, 0.15) is 5.82 Å². The molecule has 0 spiro atoms. The quantitative estimate of drug-likeness (QED) is 0.793. The molecule has 0 atom stereocenters. The maximum atomic E-state index is 5.57. The molecule has 0 aliphatic heterocycles. The Balaban J connectivity index is 2.28. The first-order valence-electron chi connectivity index (χ1n) is 3.97. The number of alkyl halides is 1. The third-order valence-corrected chi connectivity index (χ3v) is 2.85. The van der Waals surface area contributed by atoms with Crippen molar-refractivity contribution in [2.75, 3.05) is 5.21 Å². The lowest BCUT2D eigenvalue weighted by Gasteiger charge is -1.90. The first-order chi connectivity index (χ1) is 6.40. The molecular weight excluding hydrogens is 204 g/mol. The topological polar surface area (TPSA) is 28.7 Å². The predicted molar refractivity (Wildman–Crippen MR) is 58.1 cm³/mol. The number of aromatic nitrogens is 2. The summed E-state index contributed by atoms with van der Waals surface area (Å²) >= 11 is 7.22. The van der Waals surface area contributed by atoms with Gasteiger partial charge in [0, 0.05) is 0 Å². The number of para-hydroxylation sites is 2. The summed E-state index contributed by atoms with van der Waals surface area (Å²) in [5.41, 5.74) is 2.11. The molecule has 0 aliphatic rings. The predicted octanol–water partition coefficient (Wildman–Crippen LogP) is 2.99. The van der Waals surface area contributed by atoms with E-state index in [4.69, 9.17) is 11.6 Å². The van der Waals surface area contributed by atoms with Crippen LogP contribution in [-0.4, -0.2) is 15.2 Å². The molecule has 4 heteroatoms. The largest absolute Gasteiger partial charge is 0.341 e. The fourth-order valence-electron chi connectivity index (χ4n) is 1.21. The van der Waals surface area contributed by atoms with E-state index in [9.17, 15) is 0 Å². The van der Waals surface area contributed by atoms with Crippen LogP contribution in [0.4, 0.5) is 0 Å². The van der Waals surface area contributed by atoms with Crippen LogP contribution in [0.3, 0.4) is 0 Å². The van der Waals surface area contributed by atoms with Crippen LogP contribution >= 0.6 is 23.4 Å². The summed E-state index contributed by atoms with van der Waals surface area (Å²) in [6, 6.07) is 8.01. The van der Waals surface area contributed by atoms with Crippen LogP contribution in [0.15, 0.2) is 24.3 Å². The van der Waals surface area contributed by atoms with E-state index in [0.29, 0.717) is 5.21 Å². The number of H-pyrrole nitrogens is 1. The summed E-state index contributed by atoms with van der Waals surface area (Å²) in [4.78, 5) is 7.65. The summed E-state index contributed by atoms with van der Waals surface area (Å²) in [6.45, 7) is 0. The Hall–Kier alpha value is -0.670. The van der Waals surface area contributed by atoms with Gasteiger partial charge in [-0.2, -0.15) is 0 Å². The zero-order chi connectivity index (χ0) is 9.10. The highest BCUT2D eigenvalue weighted by Crippen LogP contribution is 2.15. The van der Waals surface area contributed by atoms with E-state index >= 15 is 0 Å². The Kier molecular flexibility index (Phi) is 2.76. The van der Waals surface area contributed by atoms with Gasteiger partial charge in [-0.3, -0.25) is 0 Å². The molecule has 0 aliphatic carbocycles. The van der Waals surface area contributed by atoms with Gasteiger partial charge in [-0.05, 0) is 12.1 Å². The number of hydrogen-bond acceptors (Lipinski definition) is 2. The summed E-state index contributed by atoms with van der Waals surface area (Å²) in [5, 5.41) is 0.608. The minimum Gasteiger partial charge on any atom is -0.341 e. The van der Waals surface area contributed by atoms with Gasteiger partial charge in [-0.15, -0.1) is 23.4 Å². The number of hydrogen-bond donors (Lipinski definition) is 1. The highest BCUT2D eigenvalue weighted by molar-refractivity contribution is 7.99. The molecule has 0 saturated heterocycles. The van der Waals surface area contributed by atoms with Crippen LogP contribution in [0.1, 0.15) is 5.82 Å². The molecule has 1 aromatic heterocycles. The average Bonchev–Trinajstić information content (AvgIpc) is 2.57. The fourth-order valence-corrected chi connectivity index (χ4v) is 1.85. The number of rotatable bonds is 3. The van der Waals surface area contributed by atoms with E-state index in [1.807, 2.05) is 24.3 Å². The Bertz CT molecular complexity index is 366. The van der Waals surface area contributed by atoms with Crippen molar-refractivity contribution >= 4 is 34.4 Å². The third-order valence-electron chi connectivity index (χ3n) is 1.75. The number of nitrogens with one attached hydrogen (secondary N) is 1. The zero-order valence-electron chi connectivity index (χ0n) is 6.96. The van der Waals surface area contributed by atoms with Gasteiger partial charge in [0.25, 0.3) is 0 Å². The van der Waals surface area contributed by atoms with E-state index < -0.39 is 0 Å². The van der Waals surface area contributed by atoms with Crippen molar-refractivity contribution < 1.29 is 0 Å². The van der Waals surface area contributed by atoms with Crippen LogP contribution in [0.5, 0.6) is 0 Å². The van der Waals surface area contributed by atoms with Crippen LogP contribution in [0, 0.1) is 0 Å². The molecule has 0 amide bonds. The fraction of sp³-hybridized carbons (Fsp3) is 0.222. The molecule has 2 aromatic rings. The third kappa shape index (κ3) is 1.98. The number of thioether (sulfide) groups is 1. The maximum absolute atomic E-state index is 5.57. The Morgan fingerprint density at radius 3 is 3.00 bits per heavy atom. The maximum Gasteiger partial charge on any atom is 0.117 e. The van der Waals surface area contributed by atoms with Crippen molar-refractivity contribution in [3.8, 4) is 0 Å². The SMILES string of the molecule is ClCSCc1nc2ccccc2[nH]1. The number of imidazole rings is 1. The first kappa shape index (κ1) is 8.91. The Morgan fingerprint density at radius 2 is 2.23 bits per heavy atom. The van der Waals surface area contributed by atoms with Gasteiger partial charge in [0.05, 0.1) is 22.0 Å². The monoisotopic (exact) mass is 212 g/mol. The first-order valence-corrected chi connectivity index (χ1v) is 5.66. The van der Waals surface area contributed by atoms with Gasteiger partial charge >= 0.3 is 0 Å². The number of halogens is 1. The number of aromatic amines is 1. The van der Waals surface area contributed by atoms with Gasteiger partial charge < -0.3 is 4.98 Å². The molecule has 1 heterocycles. The molecule has 2 rings (SSSR count). The minimum absolute atomic E-state index is 0.608. The molecule has 0 radical (unpaired) electrons. The highest BCUT2D eigenvalue weighted by Gasteiger charge is 2.00.